The molecule has 1 aromatic rings. The molecule has 0 amide bonds. The van der Waals surface area contributed by atoms with Gasteiger partial charge in [0.25, 0.3) is 0 Å². The molecule has 6 nitrogen and oxygen atoms in total. The minimum atomic E-state index is -2.87. The lowest BCUT2D eigenvalue weighted by Gasteiger charge is -2.18. The van der Waals surface area contributed by atoms with Gasteiger partial charge in [0.1, 0.15) is 16.1 Å². The first-order valence-electron chi connectivity index (χ1n) is 5.07. The molecule has 7 heteroatoms. The van der Waals surface area contributed by atoms with Crippen LogP contribution in [0.5, 0.6) is 0 Å². The predicted octanol–water partition coefficient (Wildman–Crippen LogP) is 0.103. The van der Waals surface area contributed by atoms with Crippen LogP contribution in [-0.2, 0) is 21.1 Å². The third-order valence-corrected chi connectivity index (χ3v) is 4.38. The van der Waals surface area contributed by atoms with Gasteiger partial charge in [0.15, 0.2) is 5.82 Å². The molecule has 1 aliphatic heterocycles. The van der Waals surface area contributed by atoms with Crippen LogP contribution in [0.15, 0.2) is 4.52 Å². The number of hydrogen-bond donors (Lipinski definition) is 0. The molecule has 2 heterocycles. The first kappa shape index (κ1) is 11.3. The Labute approximate surface area is 93.0 Å². The SMILES string of the molecule is O=CCc1nc(C2CCS(=O)(=O)CC2)no1. The zero-order valence-electron chi connectivity index (χ0n) is 8.63. The fraction of sp³-hybridized carbons (Fsp3) is 0.667. The van der Waals surface area contributed by atoms with Crippen molar-refractivity contribution >= 4 is 16.1 Å². The summed E-state index contributed by atoms with van der Waals surface area (Å²) >= 11 is 0. The Hall–Kier alpha value is -1.24. The van der Waals surface area contributed by atoms with E-state index in [0.29, 0.717) is 30.8 Å². The number of nitrogens with zero attached hydrogens (tertiary/aromatic N) is 2. The summed E-state index contributed by atoms with van der Waals surface area (Å²) in [6.45, 7) is 0. The van der Waals surface area contributed by atoms with E-state index in [0.717, 1.165) is 0 Å². The van der Waals surface area contributed by atoms with Gasteiger partial charge in [-0.1, -0.05) is 5.16 Å². The molecule has 0 atom stereocenters. The Bertz CT molecular complexity index is 465. The summed E-state index contributed by atoms with van der Waals surface area (Å²) in [5.74, 6) is 1.20. The first-order chi connectivity index (χ1) is 7.61. The summed E-state index contributed by atoms with van der Waals surface area (Å²) in [7, 11) is -2.87. The van der Waals surface area contributed by atoms with Gasteiger partial charge in [-0.05, 0) is 12.8 Å². The monoisotopic (exact) mass is 244 g/mol. The van der Waals surface area contributed by atoms with Crippen LogP contribution in [0.3, 0.4) is 0 Å². The summed E-state index contributed by atoms with van der Waals surface area (Å²) in [6.07, 6.45) is 1.87. The summed E-state index contributed by atoms with van der Waals surface area (Å²) in [6, 6.07) is 0. The van der Waals surface area contributed by atoms with Crippen LogP contribution in [0, 0.1) is 0 Å². The van der Waals surface area contributed by atoms with Crippen molar-refractivity contribution in [1.29, 1.82) is 0 Å². The van der Waals surface area contributed by atoms with E-state index in [1.165, 1.54) is 0 Å². The maximum absolute atomic E-state index is 11.2. The Kier molecular flexibility index (Phi) is 3.04. The zero-order chi connectivity index (χ0) is 11.6. The van der Waals surface area contributed by atoms with Gasteiger partial charge in [-0.2, -0.15) is 4.98 Å². The molecule has 88 valence electrons. The van der Waals surface area contributed by atoms with Crippen molar-refractivity contribution in [3.8, 4) is 0 Å². The molecular formula is C9H12N2O4S. The first-order valence-corrected chi connectivity index (χ1v) is 6.89. The molecule has 0 saturated carbocycles. The number of hydrogen-bond acceptors (Lipinski definition) is 6. The standard InChI is InChI=1S/C9H12N2O4S/c12-4-1-8-10-9(11-15-8)7-2-5-16(13,14)6-3-7/h4,7H,1-3,5-6H2. The Morgan fingerprint density at radius 2 is 2.06 bits per heavy atom. The summed E-state index contributed by atoms with van der Waals surface area (Å²) in [5.41, 5.74) is 0. The van der Waals surface area contributed by atoms with Crippen LogP contribution in [0.25, 0.3) is 0 Å². The van der Waals surface area contributed by atoms with Crippen LogP contribution < -0.4 is 0 Å². The van der Waals surface area contributed by atoms with Gasteiger partial charge in [0.2, 0.25) is 5.89 Å². The fourth-order valence-corrected chi connectivity index (χ4v) is 3.23. The van der Waals surface area contributed by atoms with Crippen molar-refractivity contribution in [2.45, 2.75) is 25.2 Å². The van der Waals surface area contributed by atoms with E-state index in [4.69, 9.17) is 4.52 Å². The lowest BCUT2D eigenvalue weighted by Crippen LogP contribution is -2.22. The topological polar surface area (TPSA) is 90.1 Å². The van der Waals surface area contributed by atoms with Gasteiger partial charge in [-0.25, -0.2) is 8.42 Å². The number of rotatable bonds is 3. The average molecular weight is 244 g/mol. The number of aromatic nitrogens is 2. The third-order valence-electron chi connectivity index (χ3n) is 2.66. The summed E-state index contributed by atoms with van der Waals surface area (Å²) in [5, 5.41) is 3.77. The molecule has 0 aromatic carbocycles. The highest BCUT2D eigenvalue weighted by Crippen LogP contribution is 2.26. The van der Waals surface area contributed by atoms with Crippen LogP contribution >= 0.6 is 0 Å². The predicted molar refractivity (Wildman–Crippen MR) is 54.7 cm³/mol. The Balaban J connectivity index is 2.05. The van der Waals surface area contributed by atoms with Gasteiger partial charge in [-0.3, -0.25) is 0 Å². The van der Waals surface area contributed by atoms with Crippen LogP contribution in [0.2, 0.25) is 0 Å². The van der Waals surface area contributed by atoms with Gasteiger partial charge >= 0.3 is 0 Å². The van der Waals surface area contributed by atoms with E-state index in [1.807, 2.05) is 0 Å². The molecule has 16 heavy (non-hydrogen) atoms. The highest BCUT2D eigenvalue weighted by atomic mass is 32.2. The molecule has 1 aromatic heterocycles. The minimum absolute atomic E-state index is 0.0349. The van der Waals surface area contributed by atoms with E-state index in [1.54, 1.807) is 0 Å². The number of carbonyl (C=O) groups excluding carboxylic acids is 1. The fourth-order valence-electron chi connectivity index (χ4n) is 1.74. The number of carbonyl (C=O) groups is 1. The second-order valence-electron chi connectivity index (χ2n) is 3.84. The van der Waals surface area contributed by atoms with Crippen LogP contribution in [-0.4, -0.2) is 36.4 Å². The second kappa shape index (κ2) is 4.32. The molecule has 1 saturated heterocycles. The number of sulfone groups is 1. The third kappa shape index (κ3) is 2.46. The van der Waals surface area contributed by atoms with Gasteiger partial charge in [0.05, 0.1) is 17.9 Å². The maximum atomic E-state index is 11.2. The molecular weight excluding hydrogens is 232 g/mol. The lowest BCUT2D eigenvalue weighted by atomic mass is 10.0. The van der Waals surface area contributed by atoms with Crippen LogP contribution in [0.1, 0.15) is 30.5 Å². The Morgan fingerprint density at radius 1 is 1.38 bits per heavy atom. The zero-order valence-corrected chi connectivity index (χ0v) is 9.44. The van der Waals surface area contributed by atoms with Crippen molar-refractivity contribution in [3.63, 3.8) is 0 Å². The molecule has 1 fully saturated rings. The molecule has 1 aliphatic rings. The average Bonchev–Trinajstić information content (AvgIpc) is 2.67. The minimum Gasteiger partial charge on any atom is -0.339 e. The molecule has 0 spiro atoms. The van der Waals surface area contributed by atoms with E-state index >= 15 is 0 Å². The van der Waals surface area contributed by atoms with Crippen molar-refractivity contribution < 1.29 is 17.7 Å². The van der Waals surface area contributed by atoms with Crippen molar-refractivity contribution in [3.05, 3.63) is 11.7 Å². The lowest BCUT2D eigenvalue weighted by molar-refractivity contribution is -0.107. The summed E-state index contributed by atoms with van der Waals surface area (Å²) in [4.78, 5) is 14.3. The van der Waals surface area contributed by atoms with Crippen molar-refractivity contribution in [2.75, 3.05) is 11.5 Å². The van der Waals surface area contributed by atoms with E-state index in [-0.39, 0.29) is 23.8 Å². The highest BCUT2D eigenvalue weighted by Gasteiger charge is 2.27. The molecule has 2 rings (SSSR count). The van der Waals surface area contributed by atoms with Gasteiger partial charge in [-0.15, -0.1) is 0 Å². The second-order valence-corrected chi connectivity index (χ2v) is 6.15. The van der Waals surface area contributed by atoms with Gasteiger partial charge in [0, 0.05) is 5.92 Å². The summed E-state index contributed by atoms with van der Waals surface area (Å²) < 4.78 is 27.3. The quantitative estimate of drug-likeness (QED) is 0.700. The van der Waals surface area contributed by atoms with E-state index in [2.05, 4.69) is 10.1 Å². The smallest absolute Gasteiger partial charge is 0.233 e. The molecule has 0 N–H and O–H groups in total. The normalized spacial score (nSPS) is 20.8. The highest BCUT2D eigenvalue weighted by molar-refractivity contribution is 7.91. The van der Waals surface area contributed by atoms with Crippen molar-refractivity contribution in [1.82, 2.24) is 10.1 Å². The largest absolute Gasteiger partial charge is 0.339 e. The maximum Gasteiger partial charge on any atom is 0.233 e. The Morgan fingerprint density at radius 3 is 2.69 bits per heavy atom. The van der Waals surface area contributed by atoms with Crippen molar-refractivity contribution in [2.24, 2.45) is 0 Å². The molecule has 0 bridgehead atoms. The van der Waals surface area contributed by atoms with E-state index < -0.39 is 9.84 Å². The molecule has 0 unspecified atom stereocenters. The van der Waals surface area contributed by atoms with Gasteiger partial charge < -0.3 is 9.32 Å². The number of aldehydes is 1. The molecule has 0 radical (unpaired) electrons. The van der Waals surface area contributed by atoms with E-state index in [9.17, 15) is 13.2 Å². The molecule has 0 aliphatic carbocycles. The van der Waals surface area contributed by atoms with Crippen LogP contribution in [0.4, 0.5) is 0 Å².